The number of aryl methyl sites for hydroxylation is 1. The van der Waals surface area contributed by atoms with Crippen molar-refractivity contribution in [2.24, 2.45) is 5.73 Å². The molecule has 0 atom stereocenters. The molecule has 3 rings (SSSR count). The number of nitrogens with zero attached hydrogens (tertiary/aromatic N) is 4. The van der Waals surface area contributed by atoms with E-state index < -0.39 is 15.9 Å². The number of anilines is 4. The summed E-state index contributed by atoms with van der Waals surface area (Å²) in [5, 5.41) is 6.12. The molecule has 3 aromatic rings. The third kappa shape index (κ3) is 5.64. The number of hydrogen-bond acceptors (Lipinski definition) is 9. The predicted octanol–water partition coefficient (Wildman–Crippen LogP) is 2.23. The van der Waals surface area contributed by atoms with Crippen LogP contribution in [0.1, 0.15) is 38.8 Å². The van der Waals surface area contributed by atoms with Crippen molar-refractivity contribution in [3.8, 4) is 0 Å². The first-order chi connectivity index (χ1) is 16.0. The van der Waals surface area contributed by atoms with E-state index in [1.54, 1.807) is 30.3 Å². The maximum atomic E-state index is 12.1. The Morgan fingerprint density at radius 3 is 2.56 bits per heavy atom. The van der Waals surface area contributed by atoms with Gasteiger partial charge in [0, 0.05) is 42.8 Å². The standard InChI is InChI=1S/C22H25N7O4S/c1-13-7-8-15(19(23)31)10-18(13)27-22-26-12-17(14(2)30)20(28-22)25-11-16-6-5-9-24-21(16)29(3)34(4,32)33/h5-10,12H,11H2,1-4H3,(H2,23,31)(H2,25,26,27,28). The van der Waals surface area contributed by atoms with E-state index in [9.17, 15) is 18.0 Å². The highest BCUT2D eigenvalue weighted by Crippen LogP contribution is 2.24. The van der Waals surface area contributed by atoms with E-state index in [1.807, 2.05) is 6.92 Å². The second kappa shape index (κ2) is 9.83. The van der Waals surface area contributed by atoms with E-state index in [2.05, 4.69) is 25.6 Å². The third-order valence-corrected chi connectivity index (χ3v) is 6.21. The summed E-state index contributed by atoms with van der Waals surface area (Å²) in [6.45, 7) is 3.39. The number of carbonyl (C=O) groups is 2. The highest BCUT2D eigenvalue weighted by Gasteiger charge is 2.18. The molecular weight excluding hydrogens is 458 g/mol. The highest BCUT2D eigenvalue weighted by atomic mass is 32.2. The minimum Gasteiger partial charge on any atom is -0.366 e. The second-order valence-corrected chi connectivity index (χ2v) is 9.61. The number of nitrogens with two attached hydrogens (primary N) is 1. The van der Waals surface area contributed by atoms with Crippen LogP contribution in [-0.4, -0.2) is 48.4 Å². The van der Waals surface area contributed by atoms with Crippen LogP contribution in [-0.2, 0) is 16.6 Å². The minimum atomic E-state index is -3.52. The van der Waals surface area contributed by atoms with Gasteiger partial charge < -0.3 is 16.4 Å². The van der Waals surface area contributed by atoms with Gasteiger partial charge in [-0.05, 0) is 37.6 Å². The molecule has 11 nitrogen and oxygen atoms in total. The maximum Gasteiger partial charge on any atom is 0.248 e. The quantitative estimate of drug-likeness (QED) is 0.388. The number of rotatable bonds is 9. The predicted molar refractivity (Wildman–Crippen MR) is 130 cm³/mol. The van der Waals surface area contributed by atoms with Crippen LogP contribution in [0.5, 0.6) is 0 Å². The molecule has 0 bridgehead atoms. The number of primary amides is 1. The summed E-state index contributed by atoms with van der Waals surface area (Å²) in [5.41, 5.74) is 7.96. The first-order valence-electron chi connectivity index (χ1n) is 10.1. The molecule has 0 spiro atoms. The molecular formula is C22H25N7O4S. The van der Waals surface area contributed by atoms with Gasteiger partial charge in [0.2, 0.25) is 21.9 Å². The van der Waals surface area contributed by atoms with Crippen molar-refractivity contribution >= 4 is 45.0 Å². The lowest BCUT2D eigenvalue weighted by molar-refractivity contribution is 0.0996. The lowest BCUT2D eigenvalue weighted by Gasteiger charge is -2.19. The average molecular weight is 484 g/mol. The number of pyridine rings is 1. The summed E-state index contributed by atoms with van der Waals surface area (Å²) >= 11 is 0. The Labute approximate surface area is 197 Å². The number of aromatic nitrogens is 3. The summed E-state index contributed by atoms with van der Waals surface area (Å²) < 4.78 is 25.0. The van der Waals surface area contributed by atoms with Gasteiger partial charge in [0.25, 0.3) is 0 Å². The molecule has 0 aliphatic heterocycles. The van der Waals surface area contributed by atoms with Crippen molar-refractivity contribution in [2.45, 2.75) is 20.4 Å². The van der Waals surface area contributed by atoms with E-state index in [0.29, 0.717) is 16.8 Å². The van der Waals surface area contributed by atoms with Crippen LogP contribution in [0.3, 0.4) is 0 Å². The Kier molecular flexibility index (Phi) is 7.11. The zero-order chi connectivity index (χ0) is 25.0. The van der Waals surface area contributed by atoms with Crippen molar-refractivity contribution in [1.82, 2.24) is 15.0 Å². The largest absolute Gasteiger partial charge is 0.366 e. The molecule has 0 aliphatic carbocycles. The van der Waals surface area contributed by atoms with Crippen molar-refractivity contribution in [1.29, 1.82) is 0 Å². The van der Waals surface area contributed by atoms with Crippen LogP contribution in [0, 0.1) is 6.92 Å². The van der Waals surface area contributed by atoms with Crippen LogP contribution in [0.15, 0.2) is 42.7 Å². The van der Waals surface area contributed by atoms with E-state index in [4.69, 9.17) is 5.73 Å². The molecule has 178 valence electrons. The van der Waals surface area contributed by atoms with Crippen molar-refractivity contribution in [2.75, 3.05) is 28.2 Å². The molecule has 4 N–H and O–H groups in total. The third-order valence-electron chi connectivity index (χ3n) is 5.05. The molecule has 0 fully saturated rings. The Balaban J connectivity index is 1.92. The van der Waals surface area contributed by atoms with Gasteiger partial charge in [-0.1, -0.05) is 12.1 Å². The van der Waals surface area contributed by atoms with Gasteiger partial charge >= 0.3 is 0 Å². The fourth-order valence-electron chi connectivity index (χ4n) is 3.05. The number of hydrogen-bond donors (Lipinski definition) is 3. The maximum absolute atomic E-state index is 12.1. The number of ketones is 1. The Morgan fingerprint density at radius 2 is 1.91 bits per heavy atom. The number of benzene rings is 1. The molecule has 0 unspecified atom stereocenters. The fourth-order valence-corrected chi connectivity index (χ4v) is 3.53. The first kappa shape index (κ1) is 24.6. The molecule has 2 heterocycles. The molecule has 0 aliphatic rings. The van der Waals surface area contributed by atoms with Crippen LogP contribution in [0.4, 0.5) is 23.3 Å². The smallest absolute Gasteiger partial charge is 0.248 e. The Hall–Kier alpha value is -4.06. The summed E-state index contributed by atoms with van der Waals surface area (Å²) in [6, 6.07) is 8.37. The van der Waals surface area contributed by atoms with Crippen molar-refractivity contribution < 1.29 is 18.0 Å². The minimum absolute atomic E-state index is 0.149. The Morgan fingerprint density at radius 1 is 1.18 bits per heavy atom. The molecule has 1 amide bonds. The van der Waals surface area contributed by atoms with Gasteiger partial charge in [0.05, 0.1) is 11.8 Å². The van der Waals surface area contributed by atoms with Crippen LogP contribution in [0.2, 0.25) is 0 Å². The zero-order valence-electron chi connectivity index (χ0n) is 19.2. The van der Waals surface area contributed by atoms with Crippen LogP contribution >= 0.6 is 0 Å². The van der Waals surface area contributed by atoms with E-state index in [0.717, 1.165) is 16.1 Å². The summed E-state index contributed by atoms with van der Waals surface area (Å²) in [5.74, 6) is -0.110. The summed E-state index contributed by atoms with van der Waals surface area (Å²) in [6.07, 6.45) is 3.97. The van der Waals surface area contributed by atoms with Gasteiger partial charge in [-0.2, -0.15) is 4.98 Å². The topological polar surface area (TPSA) is 160 Å². The highest BCUT2D eigenvalue weighted by molar-refractivity contribution is 7.92. The molecule has 34 heavy (non-hydrogen) atoms. The van der Waals surface area contributed by atoms with Gasteiger partial charge in [-0.25, -0.2) is 18.4 Å². The molecule has 12 heteroatoms. The molecule has 0 saturated carbocycles. The average Bonchev–Trinajstić information content (AvgIpc) is 2.78. The van der Waals surface area contributed by atoms with Crippen molar-refractivity contribution in [3.05, 3.63) is 65.0 Å². The lowest BCUT2D eigenvalue weighted by Crippen LogP contribution is -2.27. The van der Waals surface area contributed by atoms with Crippen molar-refractivity contribution in [3.63, 3.8) is 0 Å². The fraction of sp³-hybridized carbons (Fsp3) is 0.227. The molecule has 2 aromatic heterocycles. The molecule has 1 aromatic carbocycles. The van der Waals surface area contributed by atoms with Gasteiger partial charge in [-0.15, -0.1) is 0 Å². The van der Waals surface area contributed by atoms with Crippen LogP contribution < -0.4 is 20.7 Å². The number of carbonyl (C=O) groups excluding carboxylic acids is 2. The number of sulfonamides is 1. The number of Topliss-reactive ketones (excluding diaryl/α,β-unsaturated/α-hetero) is 1. The molecule has 0 radical (unpaired) electrons. The Bertz CT molecular complexity index is 1360. The summed E-state index contributed by atoms with van der Waals surface area (Å²) in [7, 11) is -2.10. The van der Waals surface area contributed by atoms with E-state index in [-0.39, 0.29) is 35.5 Å². The lowest BCUT2D eigenvalue weighted by atomic mass is 10.1. The van der Waals surface area contributed by atoms with Gasteiger partial charge in [0.15, 0.2) is 5.78 Å². The summed E-state index contributed by atoms with van der Waals surface area (Å²) in [4.78, 5) is 36.5. The zero-order valence-corrected chi connectivity index (χ0v) is 20.0. The monoisotopic (exact) mass is 483 g/mol. The molecule has 0 saturated heterocycles. The second-order valence-electron chi connectivity index (χ2n) is 7.60. The first-order valence-corrected chi connectivity index (χ1v) is 12.0. The van der Waals surface area contributed by atoms with E-state index in [1.165, 1.54) is 26.4 Å². The van der Waals surface area contributed by atoms with Crippen LogP contribution in [0.25, 0.3) is 0 Å². The normalized spacial score (nSPS) is 11.1. The number of amides is 1. The van der Waals surface area contributed by atoms with Gasteiger partial charge in [-0.3, -0.25) is 13.9 Å². The van der Waals surface area contributed by atoms with E-state index >= 15 is 0 Å². The SMILES string of the molecule is CC(=O)c1cnc(Nc2cc(C(N)=O)ccc2C)nc1NCc1cccnc1N(C)S(C)(=O)=O. The number of nitrogens with one attached hydrogen (secondary N) is 2. The van der Waals surface area contributed by atoms with Gasteiger partial charge in [0.1, 0.15) is 11.6 Å².